The lowest BCUT2D eigenvalue weighted by atomic mass is 10.0. The summed E-state index contributed by atoms with van der Waals surface area (Å²) in [7, 11) is 0. The number of imidazole rings is 1. The minimum absolute atomic E-state index is 0.0503. The van der Waals surface area contributed by atoms with Crippen molar-refractivity contribution in [3.05, 3.63) is 35.4 Å². The number of amides is 1. The number of aromatic nitrogens is 2. The number of carbonyl (C=O) groups excluding carboxylic acids is 1. The third-order valence-corrected chi connectivity index (χ3v) is 3.66. The molecule has 1 aromatic heterocycles. The van der Waals surface area contributed by atoms with E-state index in [2.05, 4.69) is 10.3 Å². The molecular formula is C14H16N4O. The number of aryl methyl sites for hydroxylation is 2. The molecule has 0 radical (unpaired) electrons. The number of nitrogen functional groups attached to an aromatic ring is 1. The van der Waals surface area contributed by atoms with Gasteiger partial charge in [0.1, 0.15) is 0 Å². The van der Waals surface area contributed by atoms with Crippen LogP contribution in [0.25, 0.3) is 5.69 Å². The number of nitrogens with two attached hydrogens (primary N) is 1. The monoisotopic (exact) mass is 256 g/mol. The Kier molecular flexibility index (Phi) is 2.55. The molecule has 3 rings (SSSR count). The van der Waals surface area contributed by atoms with E-state index in [9.17, 15) is 4.79 Å². The molecule has 1 aromatic carbocycles. The maximum Gasteiger partial charge on any atom is 0.224 e. The molecule has 3 N–H and O–H groups in total. The predicted octanol–water partition coefficient (Wildman–Crippen LogP) is 1.96. The van der Waals surface area contributed by atoms with Crippen molar-refractivity contribution in [3.8, 4) is 5.69 Å². The van der Waals surface area contributed by atoms with E-state index in [0.717, 1.165) is 34.7 Å². The van der Waals surface area contributed by atoms with Crippen molar-refractivity contribution in [2.24, 2.45) is 0 Å². The zero-order valence-electron chi connectivity index (χ0n) is 11.0. The van der Waals surface area contributed by atoms with E-state index in [1.54, 1.807) is 6.33 Å². The van der Waals surface area contributed by atoms with Crippen LogP contribution in [0.15, 0.2) is 18.5 Å². The summed E-state index contributed by atoms with van der Waals surface area (Å²) in [6.45, 7) is 3.99. The lowest BCUT2D eigenvalue weighted by molar-refractivity contribution is -0.116. The molecule has 1 aliphatic heterocycles. The molecule has 2 heterocycles. The number of nitrogens with one attached hydrogen (secondary N) is 1. The van der Waals surface area contributed by atoms with Gasteiger partial charge in [-0.2, -0.15) is 0 Å². The van der Waals surface area contributed by atoms with Crippen LogP contribution in [0.4, 0.5) is 11.4 Å². The third-order valence-electron chi connectivity index (χ3n) is 3.66. The zero-order chi connectivity index (χ0) is 13.6. The van der Waals surface area contributed by atoms with Crippen molar-refractivity contribution in [3.63, 3.8) is 0 Å². The van der Waals surface area contributed by atoms with Gasteiger partial charge in [0.2, 0.25) is 5.91 Å². The van der Waals surface area contributed by atoms with Crippen LogP contribution >= 0.6 is 0 Å². The van der Waals surface area contributed by atoms with Gasteiger partial charge in [-0.25, -0.2) is 4.98 Å². The highest BCUT2D eigenvalue weighted by Crippen LogP contribution is 2.30. The Morgan fingerprint density at radius 3 is 2.79 bits per heavy atom. The second kappa shape index (κ2) is 4.12. The molecule has 0 atom stereocenters. The number of anilines is 2. The summed E-state index contributed by atoms with van der Waals surface area (Å²) in [5.74, 6) is 0.0503. The van der Waals surface area contributed by atoms with E-state index in [4.69, 9.17) is 5.73 Å². The maximum absolute atomic E-state index is 11.4. The summed E-state index contributed by atoms with van der Waals surface area (Å²) in [5.41, 5.74) is 11.7. The lowest BCUT2D eigenvalue weighted by Crippen LogP contribution is -2.19. The Morgan fingerprint density at radius 1 is 1.32 bits per heavy atom. The largest absolute Gasteiger partial charge is 0.397 e. The second-order valence-electron chi connectivity index (χ2n) is 4.90. The molecule has 5 heteroatoms. The molecule has 5 nitrogen and oxygen atoms in total. The van der Waals surface area contributed by atoms with Gasteiger partial charge < -0.3 is 15.6 Å². The van der Waals surface area contributed by atoms with Crippen LogP contribution in [-0.4, -0.2) is 15.5 Å². The second-order valence-corrected chi connectivity index (χ2v) is 4.90. The van der Waals surface area contributed by atoms with E-state index in [-0.39, 0.29) is 5.91 Å². The summed E-state index contributed by atoms with van der Waals surface area (Å²) in [6.07, 6.45) is 3.06. The molecule has 0 saturated carbocycles. The Morgan fingerprint density at radius 2 is 2.11 bits per heavy atom. The molecule has 2 aromatic rings. The maximum atomic E-state index is 11.4. The first-order valence-electron chi connectivity index (χ1n) is 6.29. The van der Waals surface area contributed by atoms with Gasteiger partial charge in [-0.3, -0.25) is 4.79 Å². The number of hydrogen-bond acceptors (Lipinski definition) is 3. The molecule has 1 aliphatic rings. The zero-order valence-corrected chi connectivity index (χ0v) is 11.0. The van der Waals surface area contributed by atoms with Crippen molar-refractivity contribution in [1.82, 2.24) is 9.55 Å². The first-order valence-corrected chi connectivity index (χ1v) is 6.29. The van der Waals surface area contributed by atoms with Gasteiger partial charge in [0.05, 0.1) is 23.4 Å². The summed E-state index contributed by atoms with van der Waals surface area (Å²) >= 11 is 0. The van der Waals surface area contributed by atoms with Crippen LogP contribution in [0.2, 0.25) is 0 Å². The SMILES string of the molecule is Cc1ncn(-c2cc3c(cc2N)NC(=O)CC3)c1C. The molecule has 0 fully saturated rings. The Hall–Kier alpha value is -2.30. The average molecular weight is 256 g/mol. The average Bonchev–Trinajstić information content (AvgIpc) is 2.69. The van der Waals surface area contributed by atoms with Gasteiger partial charge in [0.25, 0.3) is 0 Å². The Labute approximate surface area is 111 Å². The normalized spacial score (nSPS) is 14.1. The van der Waals surface area contributed by atoms with Gasteiger partial charge in [0.15, 0.2) is 0 Å². The van der Waals surface area contributed by atoms with Gasteiger partial charge in [0, 0.05) is 17.8 Å². The molecule has 0 unspecified atom stereocenters. The molecular weight excluding hydrogens is 240 g/mol. The quantitative estimate of drug-likeness (QED) is 0.766. The minimum atomic E-state index is 0.0503. The minimum Gasteiger partial charge on any atom is -0.397 e. The number of benzene rings is 1. The van der Waals surface area contributed by atoms with Gasteiger partial charge in [-0.1, -0.05) is 0 Å². The smallest absolute Gasteiger partial charge is 0.224 e. The molecule has 98 valence electrons. The van der Waals surface area contributed by atoms with Crippen molar-refractivity contribution < 1.29 is 4.79 Å². The van der Waals surface area contributed by atoms with Gasteiger partial charge in [-0.05, 0) is 38.0 Å². The van der Waals surface area contributed by atoms with Crippen molar-refractivity contribution in [2.75, 3.05) is 11.1 Å². The van der Waals surface area contributed by atoms with Crippen LogP contribution in [0.1, 0.15) is 23.4 Å². The number of rotatable bonds is 1. The Balaban J connectivity index is 2.13. The van der Waals surface area contributed by atoms with Gasteiger partial charge >= 0.3 is 0 Å². The first-order chi connectivity index (χ1) is 9.06. The van der Waals surface area contributed by atoms with E-state index < -0.39 is 0 Å². The highest BCUT2D eigenvalue weighted by molar-refractivity contribution is 5.95. The molecule has 0 spiro atoms. The van der Waals surface area contributed by atoms with Crippen LogP contribution in [-0.2, 0) is 11.2 Å². The van der Waals surface area contributed by atoms with E-state index in [1.807, 2.05) is 30.5 Å². The van der Waals surface area contributed by atoms with Crippen LogP contribution in [0.3, 0.4) is 0 Å². The van der Waals surface area contributed by atoms with Gasteiger partial charge in [-0.15, -0.1) is 0 Å². The van der Waals surface area contributed by atoms with Crippen LogP contribution in [0, 0.1) is 13.8 Å². The fourth-order valence-electron chi connectivity index (χ4n) is 2.38. The molecule has 1 amide bonds. The summed E-state index contributed by atoms with van der Waals surface area (Å²) in [5, 5.41) is 2.86. The first kappa shape index (κ1) is 11.8. The third kappa shape index (κ3) is 1.87. The van der Waals surface area contributed by atoms with Crippen LogP contribution in [0.5, 0.6) is 0 Å². The highest BCUT2D eigenvalue weighted by atomic mass is 16.1. The number of hydrogen-bond donors (Lipinski definition) is 2. The molecule has 19 heavy (non-hydrogen) atoms. The standard InChI is InChI=1S/C14H16N4O/c1-8-9(2)18(7-16-8)13-5-10-3-4-14(19)17-12(10)6-11(13)15/h5-7H,3-4,15H2,1-2H3,(H,17,19). The molecule has 0 saturated heterocycles. The highest BCUT2D eigenvalue weighted by Gasteiger charge is 2.18. The van der Waals surface area contributed by atoms with Crippen molar-refractivity contribution >= 4 is 17.3 Å². The van der Waals surface area contributed by atoms with Crippen molar-refractivity contribution in [2.45, 2.75) is 26.7 Å². The van der Waals surface area contributed by atoms with E-state index in [0.29, 0.717) is 12.1 Å². The fourth-order valence-corrected chi connectivity index (χ4v) is 2.38. The number of fused-ring (bicyclic) bond motifs is 1. The summed E-state index contributed by atoms with van der Waals surface area (Å²) in [4.78, 5) is 15.7. The lowest BCUT2D eigenvalue weighted by Gasteiger charge is -2.20. The van der Waals surface area contributed by atoms with Crippen molar-refractivity contribution in [1.29, 1.82) is 0 Å². The van der Waals surface area contributed by atoms with Crippen LogP contribution < -0.4 is 11.1 Å². The number of carbonyl (C=O) groups is 1. The molecule has 0 bridgehead atoms. The van der Waals surface area contributed by atoms with E-state index in [1.165, 1.54) is 0 Å². The van der Waals surface area contributed by atoms with E-state index >= 15 is 0 Å². The molecule has 0 aliphatic carbocycles. The topological polar surface area (TPSA) is 72.9 Å². The summed E-state index contributed by atoms with van der Waals surface area (Å²) < 4.78 is 1.99. The Bertz CT molecular complexity index is 672. The predicted molar refractivity (Wildman–Crippen MR) is 74.4 cm³/mol. The summed E-state index contributed by atoms with van der Waals surface area (Å²) in [6, 6.07) is 3.87. The fraction of sp³-hybridized carbons (Fsp3) is 0.286. The number of nitrogens with zero attached hydrogens (tertiary/aromatic N) is 2.